The molecule has 0 aliphatic rings. The number of ether oxygens (including phenoxy) is 1. The standard InChI is InChI=1S/C17H13NO2/c1-20-14-6-2-4-12(10-14)17(19)16-7-3-5-13-11-18-9-8-15(13)16/h2-11H,1H3. The zero-order chi connectivity index (χ0) is 13.9. The van der Waals surface area contributed by atoms with Gasteiger partial charge in [0, 0.05) is 28.9 Å². The SMILES string of the molecule is COc1cccc(C(=O)c2cccc3cnccc23)c1. The molecule has 1 aromatic heterocycles. The number of aromatic nitrogens is 1. The Bertz CT molecular complexity index is 775. The summed E-state index contributed by atoms with van der Waals surface area (Å²) in [6.45, 7) is 0. The largest absolute Gasteiger partial charge is 0.497 e. The molecule has 3 heteroatoms. The molecule has 0 atom stereocenters. The van der Waals surface area contributed by atoms with Gasteiger partial charge in [0.2, 0.25) is 0 Å². The summed E-state index contributed by atoms with van der Waals surface area (Å²) < 4.78 is 5.17. The third-order valence-corrected chi connectivity index (χ3v) is 3.26. The molecule has 0 N–H and O–H groups in total. The van der Waals surface area contributed by atoms with Gasteiger partial charge >= 0.3 is 0 Å². The molecule has 0 aliphatic heterocycles. The normalized spacial score (nSPS) is 10.4. The quantitative estimate of drug-likeness (QED) is 0.679. The highest BCUT2D eigenvalue weighted by atomic mass is 16.5. The van der Waals surface area contributed by atoms with Crippen LogP contribution in [-0.4, -0.2) is 17.9 Å². The highest BCUT2D eigenvalue weighted by Gasteiger charge is 2.12. The van der Waals surface area contributed by atoms with Crippen molar-refractivity contribution in [3.05, 3.63) is 72.1 Å². The van der Waals surface area contributed by atoms with E-state index < -0.39 is 0 Å². The highest BCUT2D eigenvalue weighted by molar-refractivity contribution is 6.16. The minimum Gasteiger partial charge on any atom is -0.497 e. The third-order valence-electron chi connectivity index (χ3n) is 3.26. The van der Waals surface area contributed by atoms with E-state index >= 15 is 0 Å². The summed E-state index contributed by atoms with van der Waals surface area (Å²) in [6, 6.07) is 14.7. The number of pyridine rings is 1. The average molecular weight is 263 g/mol. The van der Waals surface area contributed by atoms with Gasteiger partial charge in [0.05, 0.1) is 7.11 Å². The van der Waals surface area contributed by atoms with E-state index in [0.29, 0.717) is 16.9 Å². The van der Waals surface area contributed by atoms with E-state index in [1.165, 1.54) is 0 Å². The van der Waals surface area contributed by atoms with Crippen molar-refractivity contribution in [1.29, 1.82) is 0 Å². The van der Waals surface area contributed by atoms with Crippen molar-refractivity contribution < 1.29 is 9.53 Å². The highest BCUT2D eigenvalue weighted by Crippen LogP contribution is 2.22. The molecule has 2 aromatic carbocycles. The molecule has 0 spiro atoms. The molecule has 0 amide bonds. The lowest BCUT2D eigenvalue weighted by Gasteiger charge is -2.07. The minimum absolute atomic E-state index is 0.0132. The van der Waals surface area contributed by atoms with Crippen LogP contribution in [0.5, 0.6) is 5.75 Å². The van der Waals surface area contributed by atoms with Gasteiger partial charge in [-0.2, -0.15) is 0 Å². The molecule has 0 saturated heterocycles. The lowest BCUT2D eigenvalue weighted by Crippen LogP contribution is -2.02. The second kappa shape index (κ2) is 5.13. The Hall–Kier alpha value is -2.68. The molecule has 0 unspecified atom stereocenters. The monoisotopic (exact) mass is 263 g/mol. The van der Waals surface area contributed by atoms with Crippen LogP contribution in [-0.2, 0) is 0 Å². The summed E-state index contributed by atoms with van der Waals surface area (Å²) in [7, 11) is 1.59. The van der Waals surface area contributed by atoms with Gasteiger partial charge in [-0.05, 0) is 23.6 Å². The van der Waals surface area contributed by atoms with Crippen molar-refractivity contribution in [2.75, 3.05) is 7.11 Å². The maximum absolute atomic E-state index is 12.7. The van der Waals surface area contributed by atoms with E-state index in [4.69, 9.17) is 4.74 Å². The van der Waals surface area contributed by atoms with Crippen LogP contribution in [0.15, 0.2) is 60.9 Å². The van der Waals surface area contributed by atoms with Gasteiger partial charge in [0.25, 0.3) is 0 Å². The van der Waals surface area contributed by atoms with Gasteiger partial charge in [-0.3, -0.25) is 9.78 Å². The first kappa shape index (κ1) is 12.4. The fourth-order valence-electron chi connectivity index (χ4n) is 2.24. The van der Waals surface area contributed by atoms with Crippen molar-refractivity contribution >= 4 is 16.6 Å². The molecule has 0 bridgehead atoms. The lowest BCUT2D eigenvalue weighted by molar-refractivity contribution is 0.104. The Morgan fingerprint density at radius 2 is 1.95 bits per heavy atom. The van der Waals surface area contributed by atoms with Gasteiger partial charge in [0.15, 0.2) is 5.78 Å². The van der Waals surface area contributed by atoms with Gasteiger partial charge in [0.1, 0.15) is 5.75 Å². The van der Waals surface area contributed by atoms with Gasteiger partial charge in [-0.1, -0.05) is 30.3 Å². The first-order chi connectivity index (χ1) is 9.79. The fraction of sp³-hybridized carbons (Fsp3) is 0.0588. The molecule has 0 radical (unpaired) electrons. The van der Waals surface area contributed by atoms with E-state index in [0.717, 1.165) is 10.8 Å². The molecule has 1 heterocycles. The van der Waals surface area contributed by atoms with Crippen LogP contribution < -0.4 is 4.74 Å². The summed E-state index contributed by atoms with van der Waals surface area (Å²) in [6.07, 6.45) is 3.46. The molecule has 98 valence electrons. The van der Waals surface area contributed by atoms with E-state index in [-0.39, 0.29) is 5.78 Å². The smallest absolute Gasteiger partial charge is 0.193 e. The number of rotatable bonds is 3. The second-order valence-electron chi connectivity index (χ2n) is 4.46. The predicted octanol–water partition coefficient (Wildman–Crippen LogP) is 3.47. The van der Waals surface area contributed by atoms with Crippen molar-refractivity contribution in [3.8, 4) is 5.75 Å². The summed E-state index contributed by atoms with van der Waals surface area (Å²) in [5, 5.41) is 1.87. The number of hydrogen-bond donors (Lipinski definition) is 0. The zero-order valence-corrected chi connectivity index (χ0v) is 11.0. The molecule has 3 nitrogen and oxygen atoms in total. The number of ketones is 1. The number of carbonyl (C=O) groups excluding carboxylic acids is 1. The van der Waals surface area contributed by atoms with Crippen LogP contribution in [0.25, 0.3) is 10.8 Å². The molecular weight excluding hydrogens is 250 g/mol. The lowest BCUT2D eigenvalue weighted by atomic mass is 9.98. The van der Waals surface area contributed by atoms with Crippen LogP contribution in [0.2, 0.25) is 0 Å². The maximum atomic E-state index is 12.7. The number of fused-ring (bicyclic) bond motifs is 1. The topological polar surface area (TPSA) is 39.2 Å². The van der Waals surface area contributed by atoms with Gasteiger partial charge < -0.3 is 4.74 Å². The fourth-order valence-corrected chi connectivity index (χ4v) is 2.24. The summed E-state index contributed by atoms with van der Waals surface area (Å²) >= 11 is 0. The first-order valence-electron chi connectivity index (χ1n) is 6.31. The molecule has 0 aliphatic carbocycles. The second-order valence-corrected chi connectivity index (χ2v) is 4.46. The van der Waals surface area contributed by atoms with Crippen LogP contribution in [0.3, 0.4) is 0 Å². The Balaban J connectivity index is 2.12. The molecular formula is C17H13NO2. The van der Waals surface area contributed by atoms with E-state index in [2.05, 4.69) is 4.98 Å². The van der Waals surface area contributed by atoms with Crippen LogP contribution in [0.4, 0.5) is 0 Å². The average Bonchev–Trinajstić information content (AvgIpc) is 2.53. The Labute approximate surface area is 116 Å². The Morgan fingerprint density at radius 1 is 1.10 bits per heavy atom. The number of hydrogen-bond acceptors (Lipinski definition) is 3. The number of benzene rings is 2. The van der Waals surface area contributed by atoms with E-state index in [1.807, 2.05) is 36.4 Å². The van der Waals surface area contributed by atoms with Crippen LogP contribution in [0, 0.1) is 0 Å². The van der Waals surface area contributed by atoms with Gasteiger partial charge in [-0.15, -0.1) is 0 Å². The Morgan fingerprint density at radius 3 is 2.80 bits per heavy atom. The van der Waals surface area contributed by atoms with Crippen molar-refractivity contribution in [2.24, 2.45) is 0 Å². The predicted molar refractivity (Wildman–Crippen MR) is 78.2 cm³/mol. The first-order valence-corrected chi connectivity index (χ1v) is 6.31. The van der Waals surface area contributed by atoms with E-state index in [9.17, 15) is 4.79 Å². The Kier molecular flexibility index (Phi) is 3.17. The molecule has 3 aromatic rings. The zero-order valence-electron chi connectivity index (χ0n) is 11.0. The van der Waals surface area contributed by atoms with E-state index in [1.54, 1.807) is 31.6 Å². The van der Waals surface area contributed by atoms with Gasteiger partial charge in [-0.25, -0.2) is 0 Å². The maximum Gasteiger partial charge on any atom is 0.193 e. The van der Waals surface area contributed by atoms with Crippen LogP contribution >= 0.6 is 0 Å². The van der Waals surface area contributed by atoms with Crippen molar-refractivity contribution in [1.82, 2.24) is 4.98 Å². The number of carbonyl (C=O) groups is 1. The number of methoxy groups -OCH3 is 1. The number of nitrogens with zero attached hydrogens (tertiary/aromatic N) is 1. The minimum atomic E-state index is -0.0132. The van der Waals surface area contributed by atoms with Crippen molar-refractivity contribution in [3.63, 3.8) is 0 Å². The summed E-state index contributed by atoms with van der Waals surface area (Å²) in [5.74, 6) is 0.665. The summed E-state index contributed by atoms with van der Waals surface area (Å²) in [4.78, 5) is 16.7. The third kappa shape index (κ3) is 2.14. The molecule has 20 heavy (non-hydrogen) atoms. The summed E-state index contributed by atoms with van der Waals surface area (Å²) in [5.41, 5.74) is 1.30. The molecule has 3 rings (SSSR count). The van der Waals surface area contributed by atoms with Crippen LogP contribution in [0.1, 0.15) is 15.9 Å². The molecule has 0 saturated carbocycles. The van der Waals surface area contributed by atoms with Crippen molar-refractivity contribution in [2.45, 2.75) is 0 Å². The molecule has 0 fully saturated rings.